The molecule has 0 spiro atoms. The van der Waals surface area contributed by atoms with E-state index in [4.69, 9.17) is 0 Å². The molecule has 0 N–H and O–H groups in total. The normalized spacial score (nSPS) is 19.5. The predicted molar refractivity (Wildman–Crippen MR) is 129 cm³/mol. The second-order valence-electron chi connectivity index (χ2n) is 10.9. The van der Waals surface area contributed by atoms with Gasteiger partial charge in [-0.15, -0.1) is 0 Å². The highest BCUT2D eigenvalue weighted by atomic mass is 14.5. The van der Waals surface area contributed by atoms with Crippen molar-refractivity contribution in [2.75, 3.05) is 0 Å². The molecule has 154 valence electrons. The van der Waals surface area contributed by atoms with E-state index in [0.29, 0.717) is 0 Å². The van der Waals surface area contributed by atoms with Gasteiger partial charge in [-0.05, 0) is 96.4 Å². The van der Waals surface area contributed by atoms with Crippen molar-refractivity contribution in [1.82, 2.24) is 0 Å². The summed E-state index contributed by atoms with van der Waals surface area (Å²) in [5.74, 6) is 0. The van der Waals surface area contributed by atoms with Crippen LogP contribution in [0.25, 0.3) is 11.1 Å². The molecule has 0 aromatic heterocycles. The van der Waals surface area contributed by atoms with Gasteiger partial charge in [-0.25, -0.2) is 0 Å². The van der Waals surface area contributed by atoms with E-state index < -0.39 is 0 Å². The summed E-state index contributed by atoms with van der Waals surface area (Å²) >= 11 is 0. The number of hydrogen-bond donors (Lipinski definition) is 0. The molecule has 0 aliphatic heterocycles. The van der Waals surface area contributed by atoms with Crippen molar-refractivity contribution in [3.8, 4) is 11.1 Å². The first-order valence-electron chi connectivity index (χ1n) is 11.5. The Morgan fingerprint density at radius 1 is 0.833 bits per heavy atom. The maximum atomic E-state index is 2.49. The largest absolute Gasteiger partial charge is 0.0587 e. The minimum Gasteiger partial charge on any atom is -0.0587 e. The first-order valence-corrected chi connectivity index (χ1v) is 11.5. The molecule has 0 saturated heterocycles. The van der Waals surface area contributed by atoms with Crippen LogP contribution in [0.3, 0.4) is 0 Å². The van der Waals surface area contributed by atoms with Crippen LogP contribution in [0.2, 0.25) is 0 Å². The van der Waals surface area contributed by atoms with Crippen LogP contribution in [0.4, 0.5) is 0 Å². The fourth-order valence-electron chi connectivity index (χ4n) is 6.11. The van der Waals surface area contributed by atoms with Crippen molar-refractivity contribution in [2.45, 2.75) is 78.1 Å². The number of aryl methyl sites for hydroxylation is 3. The average Bonchev–Trinajstić information content (AvgIpc) is 2.94. The van der Waals surface area contributed by atoms with Crippen LogP contribution in [0.15, 0.2) is 48.5 Å². The molecule has 1 atom stereocenters. The van der Waals surface area contributed by atoms with Crippen molar-refractivity contribution in [1.29, 1.82) is 0 Å². The van der Waals surface area contributed by atoms with Gasteiger partial charge in [0.2, 0.25) is 0 Å². The van der Waals surface area contributed by atoms with E-state index in [9.17, 15) is 0 Å². The van der Waals surface area contributed by atoms with Gasteiger partial charge in [0.1, 0.15) is 0 Å². The van der Waals surface area contributed by atoms with Crippen LogP contribution in [0.1, 0.15) is 78.1 Å². The van der Waals surface area contributed by atoms with Gasteiger partial charge in [-0.1, -0.05) is 80.4 Å². The molecule has 3 aromatic rings. The lowest BCUT2D eigenvalue weighted by Gasteiger charge is -2.38. The zero-order chi connectivity index (χ0) is 21.3. The van der Waals surface area contributed by atoms with Gasteiger partial charge in [0, 0.05) is 5.41 Å². The summed E-state index contributed by atoms with van der Waals surface area (Å²) in [6, 6.07) is 19.2. The van der Waals surface area contributed by atoms with Gasteiger partial charge in [0.25, 0.3) is 0 Å². The molecular formula is C30H34. The highest BCUT2D eigenvalue weighted by Crippen LogP contribution is 2.57. The minimum absolute atomic E-state index is 0.124. The zero-order valence-corrected chi connectivity index (χ0v) is 19.4. The quantitative estimate of drug-likeness (QED) is 0.417. The van der Waals surface area contributed by atoms with Crippen molar-refractivity contribution in [3.63, 3.8) is 0 Å². The molecule has 0 radical (unpaired) electrons. The number of rotatable bonds is 2. The van der Waals surface area contributed by atoms with E-state index in [0.717, 1.165) is 6.42 Å². The van der Waals surface area contributed by atoms with Crippen molar-refractivity contribution >= 4 is 0 Å². The van der Waals surface area contributed by atoms with Crippen LogP contribution in [0.5, 0.6) is 0 Å². The summed E-state index contributed by atoms with van der Waals surface area (Å²) in [4.78, 5) is 0. The Kier molecular flexibility index (Phi) is 4.30. The zero-order valence-electron chi connectivity index (χ0n) is 19.4. The maximum absolute atomic E-state index is 2.49. The molecule has 30 heavy (non-hydrogen) atoms. The SMILES string of the molecule is Cc1cc(CC23CCCc4c(C)ccc(c42)-c2ccc(C)cc23)cc(C(C)(C)C)c1. The summed E-state index contributed by atoms with van der Waals surface area (Å²) in [5, 5.41) is 0. The third-order valence-corrected chi connectivity index (χ3v) is 7.55. The van der Waals surface area contributed by atoms with Crippen molar-refractivity contribution in [3.05, 3.63) is 93.0 Å². The lowest BCUT2D eigenvalue weighted by Crippen LogP contribution is -2.33. The van der Waals surface area contributed by atoms with E-state index >= 15 is 0 Å². The van der Waals surface area contributed by atoms with Crippen molar-refractivity contribution in [2.24, 2.45) is 0 Å². The van der Waals surface area contributed by atoms with Gasteiger partial charge in [0.05, 0.1) is 0 Å². The lowest BCUT2D eigenvalue weighted by molar-refractivity contribution is 0.433. The van der Waals surface area contributed by atoms with E-state index in [-0.39, 0.29) is 10.8 Å². The Hall–Kier alpha value is -2.34. The third-order valence-electron chi connectivity index (χ3n) is 7.55. The minimum atomic E-state index is 0.124. The highest BCUT2D eigenvalue weighted by Gasteiger charge is 2.46. The van der Waals surface area contributed by atoms with E-state index in [1.54, 1.807) is 16.7 Å². The summed E-state index contributed by atoms with van der Waals surface area (Å²) < 4.78 is 0. The smallest absolute Gasteiger partial charge is 0.0258 e. The van der Waals surface area contributed by atoms with Crippen LogP contribution >= 0.6 is 0 Å². The molecule has 0 heterocycles. The fourth-order valence-corrected chi connectivity index (χ4v) is 6.11. The lowest BCUT2D eigenvalue weighted by atomic mass is 9.64. The molecule has 2 aliphatic rings. The van der Waals surface area contributed by atoms with Crippen LogP contribution in [0, 0.1) is 20.8 Å². The Bertz CT molecular complexity index is 1160. The van der Waals surface area contributed by atoms with Crippen molar-refractivity contribution < 1.29 is 0 Å². The number of hydrogen-bond acceptors (Lipinski definition) is 0. The fraction of sp³-hybridized carbons (Fsp3) is 0.400. The van der Waals surface area contributed by atoms with Crippen LogP contribution in [-0.4, -0.2) is 0 Å². The summed E-state index contributed by atoms with van der Waals surface area (Å²) in [6.07, 6.45) is 4.87. The topological polar surface area (TPSA) is 0 Å². The number of benzene rings is 3. The first-order chi connectivity index (χ1) is 14.2. The highest BCUT2D eigenvalue weighted by molar-refractivity contribution is 5.84. The molecule has 0 nitrogen and oxygen atoms in total. The Morgan fingerprint density at radius 2 is 1.60 bits per heavy atom. The molecule has 2 aliphatic carbocycles. The average molecular weight is 395 g/mol. The summed E-state index contributed by atoms with van der Waals surface area (Å²) in [7, 11) is 0. The monoisotopic (exact) mass is 394 g/mol. The Labute approximate surface area is 182 Å². The van der Waals surface area contributed by atoms with Gasteiger partial charge < -0.3 is 0 Å². The standard InChI is InChI=1S/C30H34/c1-19-9-11-25-26-12-10-21(3)24-8-7-13-30(28(24)26,27(25)16-19)18-22-14-20(2)15-23(17-22)29(4,5)6/h9-12,14-17H,7-8,13,18H2,1-6H3. The Morgan fingerprint density at radius 3 is 2.37 bits per heavy atom. The first kappa shape index (κ1) is 19.6. The predicted octanol–water partition coefficient (Wildman–Crippen LogP) is 7.75. The van der Waals surface area contributed by atoms with Crippen LogP contribution in [-0.2, 0) is 23.7 Å². The molecule has 0 heteroatoms. The molecular weight excluding hydrogens is 360 g/mol. The molecule has 0 fully saturated rings. The maximum Gasteiger partial charge on any atom is 0.0258 e. The van der Waals surface area contributed by atoms with E-state index in [1.807, 2.05) is 0 Å². The van der Waals surface area contributed by atoms with E-state index in [1.165, 1.54) is 58.2 Å². The van der Waals surface area contributed by atoms with Gasteiger partial charge in [0.15, 0.2) is 0 Å². The van der Waals surface area contributed by atoms with Gasteiger partial charge in [-0.3, -0.25) is 0 Å². The number of fused-ring (bicyclic) bond motifs is 3. The second kappa shape index (κ2) is 6.58. The summed E-state index contributed by atoms with van der Waals surface area (Å²) in [5.41, 5.74) is 15.3. The second-order valence-corrected chi connectivity index (χ2v) is 10.9. The Balaban J connectivity index is 1.75. The molecule has 0 bridgehead atoms. The molecule has 0 amide bonds. The van der Waals surface area contributed by atoms with Gasteiger partial charge in [-0.2, -0.15) is 0 Å². The van der Waals surface area contributed by atoms with Gasteiger partial charge >= 0.3 is 0 Å². The molecule has 1 unspecified atom stereocenters. The van der Waals surface area contributed by atoms with E-state index in [2.05, 4.69) is 90.1 Å². The third kappa shape index (κ3) is 2.88. The van der Waals surface area contributed by atoms with Crippen LogP contribution < -0.4 is 0 Å². The molecule has 5 rings (SSSR count). The summed E-state index contributed by atoms with van der Waals surface area (Å²) in [6.45, 7) is 13.8. The molecule has 0 saturated carbocycles. The molecule has 3 aromatic carbocycles.